The molecular weight excluding hydrogens is 274 g/mol. The largest absolute Gasteiger partial charge is 0.296 e. The van der Waals surface area contributed by atoms with Gasteiger partial charge in [-0.2, -0.15) is 0 Å². The number of nitrogens with one attached hydrogen (secondary N) is 1. The van der Waals surface area contributed by atoms with Gasteiger partial charge in [-0.05, 0) is 24.6 Å². The van der Waals surface area contributed by atoms with Crippen molar-refractivity contribution >= 4 is 33.8 Å². The average molecular weight is 290 g/mol. The summed E-state index contributed by atoms with van der Waals surface area (Å²) in [6, 6.07) is 5.55. The maximum absolute atomic E-state index is 11.4. The van der Waals surface area contributed by atoms with Crippen LogP contribution in [-0.2, 0) is 0 Å². The fraction of sp³-hybridized carbons (Fsp3) is 0.364. The molecule has 15 heavy (non-hydrogen) atoms. The molecule has 0 atom stereocenters. The number of carbonyl (C=O) groups is 1. The predicted octanol–water partition coefficient (Wildman–Crippen LogP) is 3.79. The van der Waals surface area contributed by atoms with Gasteiger partial charge in [-0.25, -0.2) is 0 Å². The van der Waals surface area contributed by atoms with Crippen LogP contribution in [0.25, 0.3) is 0 Å². The van der Waals surface area contributed by atoms with E-state index in [9.17, 15) is 4.79 Å². The zero-order valence-corrected chi connectivity index (χ0v) is 11.8. The standard InChI is InChI=1S/C9H10BrNOS.C2H6/c1-6-3-4-7(5-8(6)10)9(12)11-13-2;1-2/h3-5H,1-2H3,(H,11,12);1-2H3. The van der Waals surface area contributed by atoms with Crippen LogP contribution < -0.4 is 4.72 Å². The molecule has 84 valence electrons. The third-order valence-electron chi connectivity index (χ3n) is 1.63. The molecule has 0 aliphatic carbocycles. The van der Waals surface area contributed by atoms with Gasteiger partial charge in [0.05, 0.1) is 0 Å². The molecule has 0 aliphatic heterocycles. The number of aryl methyl sites for hydroxylation is 1. The maximum Gasteiger partial charge on any atom is 0.261 e. The van der Waals surface area contributed by atoms with Gasteiger partial charge in [-0.1, -0.05) is 47.8 Å². The van der Waals surface area contributed by atoms with Crippen molar-refractivity contribution in [3.63, 3.8) is 0 Å². The van der Waals surface area contributed by atoms with Crippen molar-refractivity contribution in [2.24, 2.45) is 0 Å². The smallest absolute Gasteiger partial charge is 0.261 e. The molecule has 2 nitrogen and oxygen atoms in total. The maximum atomic E-state index is 11.4. The Hall–Kier alpha value is -0.480. The van der Waals surface area contributed by atoms with Gasteiger partial charge < -0.3 is 0 Å². The SMILES string of the molecule is CC.CSNC(=O)c1ccc(C)c(Br)c1. The van der Waals surface area contributed by atoms with E-state index in [2.05, 4.69) is 20.7 Å². The first-order valence-corrected chi connectivity index (χ1v) is 6.76. The van der Waals surface area contributed by atoms with Crippen LogP contribution in [0.4, 0.5) is 0 Å². The monoisotopic (exact) mass is 289 g/mol. The Balaban J connectivity index is 0.000000921. The first-order valence-electron chi connectivity index (χ1n) is 4.74. The van der Waals surface area contributed by atoms with Crippen LogP contribution in [0.2, 0.25) is 0 Å². The summed E-state index contributed by atoms with van der Waals surface area (Å²) in [5.74, 6) is -0.0619. The van der Waals surface area contributed by atoms with Crippen molar-refractivity contribution in [2.45, 2.75) is 20.8 Å². The molecule has 0 saturated carbocycles. The lowest BCUT2D eigenvalue weighted by Gasteiger charge is -2.03. The normalized spacial score (nSPS) is 8.87. The zero-order chi connectivity index (χ0) is 11.8. The third kappa shape index (κ3) is 4.71. The van der Waals surface area contributed by atoms with Gasteiger partial charge in [-0.15, -0.1) is 0 Å². The molecule has 1 amide bonds. The molecule has 0 bridgehead atoms. The van der Waals surface area contributed by atoms with E-state index in [0.29, 0.717) is 5.56 Å². The van der Waals surface area contributed by atoms with Crippen LogP contribution >= 0.6 is 27.9 Å². The molecule has 1 aromatic carbocycles. The Morgan fingerprint density at radius 3 is 2.47 bits per heavy atom. The van der Waals surface area contributed by atoms with E-state index in [-0.39, 0.29) is 5.91 Å². The van der Waals surface area contributed by atoms with Gasteiger partial charge in [0.25, 0.3) is 5.91 Å². The van der Waals surface area contributed by atoms with Crippen molar-refractivity contribution in [1.82, 2.24) is 4.72 Å². The fourth-order valence-electron chi connectivity index (χ4n) is 0.886. The molecule has 0 fully saturated rings. The van der Waals surface area contributed by atoms with Gasteiger partial charge in [0.2, 0.25) is 0 Å². The summed E-state index contributed by atoms with van der Waals surface area (Å²) in [5.41, 5.74) is 1.80. The molecule has 0 radical (unpaired) electrons. The Morgan fingerprint density at radius 2 is 2.00 bits per heavy atom. The highest BCUT2D eigenvalue weighted by molar-refractivity contribution is 9.10. The number of amides is 1. The van der Waals surface area contributed by atoms with Gasteiger partial charge >= 0.3 is 0 Å². The highest BCUT2D eigenvalue weighted by atomic mass is 79.9. The third-order valence-corrected chi connectivity index (χ3v) is 2.87. The molecule has 4 heteroatoms. The van der Waals surface area contributed by atoms with Crippen molar-refractivity contribution in [3.8, 4) is 0 Å². The molecule has 0 unspecified atom stereocenters. The van der Waals surface area contributed by atoms with Crippen molar-refractivity contribution in [1.29, 1.82) is 0 Å². The summed E-state index contributed by atoms with van der Waals surface area (Å²) in [7, 11) is 0. The summed E-state index contributed by atoms with van der Waals surface area (Å²) < 4.78 is 3.62. The minimum atomic E-state index is -0.0619. The number of carbonyl (C=O) groups excluding carboxylic acids is 1. The molecule has 0 aliphatic rings. The van der Waals surface area contributed by atoms with Crippen LogP contribution in [0.3, 0.4) is 0 Å². The van der Waals surface area contributed by atoms with E-state index in [1.54, 1.807) is 0 Å². The highest BCUT2D eigenvalue weighted by Gasteiger charge is 2.05. The number of hydrogen-bond donors (Lipinski definition) is 1. The summed E-state index contributed by atoms with van der Waals surface area (Å²) in [4.78, 5) is 11.4. The van der Waals surface area contributed by atoms with E-state index in [1.165, 1.54) is 11.9 Å². The summed E-state index contributed by atoms with van der Waals surface area (Å²) >= 11 is 4.68. The Morgan fingerprint density at radius 1 is 1.40 bits per heavy atom. The van der Waals surface area contributed by atoms with Gasteiger partial charge in [0.1, 0.15) is 0 Å². The van der Waals surface area contributed by atoms with Crippen molar-refractivity contribution < 1.29 is 4.79 Å². The van der Waals surface area contributed by atoms with Gasteiger partial charge in [-0.3, -0.25) is 9.52 Å². The molecule has 0 aromatic heterocycles. The Bertz CT molecular complexity index is 328. The number of benzene rings is 1. The van der Waals surface area contributed by atoms with E-state index in [4.69, 9.17) is 0 Å². The second kappa shape index (κ2) is 7.77. The topological polar surface area (TPSA) is 29.1 Å². The zero-order valence-electron chi connectivity index (χ0n) is 9.43. The second-order valence-corrected chi connectivity index (χ2v) is 4.07. The minimum Gasteiger partial charge on any atom is -0.296 e. The molecule has 0 heterocycles. The Labute approximate surface area is 104 Å². The predicted molar refractivity (Wildman–Crippen MR) is 71.2 cm³/mol. The second-order valence-electron chi connectivity index (χ2n) is 2.60. The van der Waals surface area contributed by atoms with Crippen molar-refractivity contribution in [3.05, 3.63) is 33.8 Å². The average Bonchev–Trinajstić information content (AvgIpc) is 2.25. The van der Waals surface area contributed by atoms with E-state index >= 15 is 0 Å². The molecule has 0 spiro atoms. The number of rotatable bonds is 2. The van der Waals surface area contributed by atoms with E-state index < -0.39 is 0 Å². The van der Waals surface area contributed by atoms with Crippen LogP contribution in [0, 0.1) is 6.92 Å². The van der Waals surface area contributed by atoms with Crippen LogP contribution in [0.1, 0.15) is 29.8 Å². The minimum absolute atomic E-state index is 0.0619. The summed E-state index contributed by atoms with van der Waals surface area (Å²) in [6.45, 7) is 5.99. The van der Waals surface area contributed by atoms with Crippen molar-refractivity contribution in [2.75, 3.05) is 6.26 Å². The lowest BCUT2D eigenvalue weighted by Crippen LogP contribution is -2.14. The molecule has 1 N–H and O–H groups in total. The number of hydrogen-bond acceptors (Lipinski definition) is 2. The summed E-state index contributed by atoms with van der Waals surface area (Å²) in [5, 5.41) is 0. The molecule has 1 rings (SSSR count). The molecule has 0 saturated heterocycles. The quantitative estimate of drug-likeness (QED) is 0.840. The first kappa shape index (κ1) is 14.5. The first-order chi connectivity index (χ1) is 7.15. The molecule has 1 aromatic rings. The Kier molecular flexibility index (Phi) is 7.52. The van der Waals surface area contributed by atoms with Crippen LogP contribution in [0.5, 0.6) is 0 Å². The molecular formula is C11H16BrNOS. The summed E-state index contributed by atoms with van der Waals surface area (Å²) in [6.07, 6.45) is 1.82. The lowest BCUT2D eigenvalue weighted by molar-refractivity contribution is 0.0984. The van der Waals surface area contributed by atoms with E-state index in [1.807, 2.05) is 45.2 Å². The van der Waals surface area contributed by atoms with Crippen LogP contribution in [-0.4, -0.2) is 12.2 Å². The number of halogens is 1. The highest BCUT2D eigenvalue weighted by Crippen LogP contribution is 2.17. The lowest BCUT2D eigenvalue weighted by atomic mass is 10.1. The van der Waals surface area contributed by atoms with E-state index in [0.717, 1.165) is 10.0 Å². The van der Waals surface area contributed by atoms with Gasteiger partial charge in [0.15, 0.2) is 0 Å². The fourth-order valence-corrected chi connectivity index (χ4v) is 1.57. The van der Waals surface area contributed by atoms with Gasteiger partial charge in [0, 0.05) is 16.3 Å². The van der Waals surface area contributed by atoms with Crippen LogP contribution in [0.15, 0.2) is 22.7 Å².